The van der Waals surface area contributed by atoms with Crippen LogP contribution in [0.4, 0.5) is 11.4 Å². The number of pyridine rings is 1. The minimum absolute atomic E-state index is 0.204. The van der Waals surface area contributed by atoms with Crippen molar-refractivity contribution in [1.29, 1.82) is 0 Å². The van der Waals surface area contributed by atoms with Crippen molar-refractivity contribution in [2.24, 2.45) is 0 Å². The van der Waals surface area contributed by atoms with Gasteiger partial charge in [-0.05, 0) is 38.1 Å². The van der Waals surface area contributed by atoms with Crippen LogP contribution in [0.5, 0.6) is 0 Å². The number of para-hydroxylation sites is 1. The molecule has 0 aliphatic carbocycles. The number of thioether (sulfide) groups is 1. The zero-order valence-electron chi connectivity index (χ0n) is 12.9. The second-order valence-electron chi connectivity index (χ2n) is 5.35. The van der Waals surface area contributed by atoms with Gasteiger partial charge in [0.05, 0.1) is 17.6 Å². The molecule has 1 aliphatic rings. The maximum Gasteiger partial charge on any atom is 0.252 e. The van der Waals surface area contributed by atoms with Gasteiger partial charge in [0.2, 0.25) is 5.91 Å². The fraction of sp³-hybridized carbons (Fsp3) is 0.235. The molecule has 1 aromatic carbocycles. The molecule has 1 aromatic heterocycles. The van der Waals surface area contributed by atoms with E-state index in [9.17, 15) is 9.59 Å². The molecule has 0 radical (unpaired) electrons. The molecule has 23 heavy (non-hydrogen) atoms. The van der Waals surface area contributed by atoms with Crippen LogP contribution in [-0.4, -0.2) is 28.1 Å². The minimum atomic E-state index is -1.21. The van der Waals surface area contributed by atoms with Crippen molar-refractivity contribution in [3.8, 4) is 0 Å². The van der Waals surface area contributed by atoms with Gasteiger partial charge < -0.3 is 10.2 Å². The van der Waals surface area contributed by atoms with Crippen molar-refractivity contribution in [3.05, 3.63) is 48.8 Å². The van der Waals surface area contributed by atoms with Crippen molar-refractivity contribution >= 4 is 35.0 Å². The predicted molar refractivity (Wildman–Crippen MR) is 91.6 cm³/mol. The van der Waals surface area contributed by atoms with E-state index in [-0.39, 0.29) is 11.8 Å². The summed E-state index contributed by atoms with van der Waals surface area (Å²) < 4.78 is -1.21. The number of amides is 2. The van der Waals surface area contributed by atoms with E-state index in [1.807, 2.05) is 31.2 Å². The van der Waals surface area contributed by atoms with Crippen LogP contribution in [0.25, 0.3) is 0 Å². The molecule has 6 heteroatoms. The van der Waals surface area contributed by atoms with E-state index in [0.29, 0.717) is 12.2 Å². The molecule has 0 bridgehead atoms. The molecule has 1 atom stereocenters. The summed E-state index contributed by atoms with van der Waals surface area (Å²) in [6.07, 6.45) is 3.19. The lowest BCUT2D eigenvalue weighted by molar-refractivity contribution is -0.128. The third-order valence-electron chi connectivity index (χ3n) is 3.79. The summed E-state index contributed by atoms with van der Waals surface area (Å²) in [7, 11) is 0. The van der Waals surface area contributed by atoms with Crippen molar-refractivity contribution in [1.82, 2.24) is 4.98 Å². The fourth-order valence-electron chi connectivity index (χ4n) is 2.54. The van der Waals surface area contributed by atoms with Gasteiger partial charge in [-0.3, -0.25) is 14.6 Å². The highest BCUT2D eigenvalue weighted by atomic mass is 32.2. The van der Waals surface area contributed by atoms with Crippen molar-refractivity contribution in [3.63, 3.8) is 0 Å². The first-order valence-electron chi connectivity index (χ1n) is 7.37. The number of nitrogens with zero attached hydrogens (tertiary/aromatic N) is 2. The predicted octanol–water partition coefficient (Wildman–Crippen LogP) is 2.94. The maximum atomic E-state index is 12.9. The average Bonchev–Trinajstić information content (AvgIpc) is 2.57. The van der Waals surface area contributed by atoms with E-state index in [2.05, 4.69) is 10.3 Å². The summed E-state index contributed by atoms with van der Waals surface area (Å²) in [5.41, 5.74) is 1.44. The number of carbonyl (C=O) groups is 2. The summed E-state index contributed by atoms with van der Waals surface area (Å²) in [5, 5.41) is 2.79. The average molecular weight is 327 g/mol. The summed E-state index contributed by atoms with van der Waals surface area (Å²) in [6, 6.07) is 11.1. The maximum absolute atomic E-state index is 12.9. The van der Waals surface area contributed by atoms with Gasteiger partial charge in [0, 0.05) is 17.6 Å². The van der Waals surface area contributed by atoms with Gasteiger partial charge in [-0.25, -0.2) is 0 Å². The zero-order chi connectivity index (χ0) is 16.4. The van der Waals surface area contributed by atoms with E-state index in [0.717, 1.165) is 10.6 Å². The molecular formula is C17H17N3O2S. The second-order valence-corrected chi connectivity index (χ2v) is 6.81. The van der Waals surface area contributed by atoms with Crippen molar-refractivity contribution in [2.75, 3.05) is 16.8 Å². The molecule has 2 heterocycles. The SMILES string of the molecule is CCN1C(=O)C(C)(C(=O)Nc2cccnc2)Sc2ccccc21. The van der Waals surface area contributed by atoms with E-state index in [4.69, 9.17) is 0 Å². The molecule has 0 fully saturated rings. The van der Waals surface area contributed by atoms with Crippen LogP contribution in [0, 0.1) is 0 Å². The molecule has 2 aromatic rings. The molecule has 0 saturated carbocycles. The minimum Gasteiger partial charge on any atom is -0.323 e. The summed E-state index contributed by atoms with van der Waals surface area (Å²) in [6.45, 7) is 4.10. The Kier molecular flexibility index (Phi) is 4.09. The molecule has 1 N–H and O–H groups in total. The standard InChI is InChI=1S/C17H17N3O2S/c1-3-20-13-8-4-5-9-14(13)23-17(2,16(20)22)15(21)19-12-7-6-10-18-11-12/h4-11H,3H2,1-2H3,(H,19,21). The van der Waals surface area contributed by atoms with Gasteiger partial charge >= 0.3 is 0 Å². The van der Waals surface area contributed by atoms with E-state index in [1.165, 1.54) is 11.8 Å². The number of rotatable bonds is 3. The summed E-state index contributed by atoms with van der Waals surface area (Å²) in [5.74, 6) is -0.543. The first kappa shape index (κ1) is 15.6. The highest BCUT2D eigenvalue weighted by Gasteiger charge is 2.48. The second kappa shape index (κ2) is 6.04. The molecule has 1 unspecified atom stereocenters. The van der Waals surface area contributed by atoms with Crippen molar-refractivity contribution in [2.45, 2.75) is 23.5 Å². The smallest absolute Gasteiger partial charge is 0.252 e. The van der Waals surface area contributed by atoms with E-state index in [1.54, 1.807) is 36.4 Å². The van der Waals surface area contributed by atoms with Crippen LogP contribution < -0.4 is 10.2 Å². The molecular weight excluding hydrogens is 310 g/mol. The van der Waals surface area contributed by atoms with Crippen LogP contribution in [0.2, 0.25) is 0 Å². The largest absolute Gasteiger partial charge is 0.323 e. The number of carbonyl (C=O) groups excluding carboxylic acids is 2. The van der Waals surface area contributed by atoms with Gasteiger partial charge in [0.15, 0.2) is 4.75 Å². The Morgan fingerprint density at radius 1 is 1.30 bits per heavy atom. The third-order valence-corrected chi connectivity index (χ3v) is 5.13. The Bertz CT molecular complexity index is 751. The zero-order valence-corrected chi connectivity index (χ0v) is 13.8. The molecule has 0 spiro atoms. The molecule has 0 saturated heterocycles. The van der Waals surface area contributed by atoms with E-state index < -0.39 is 4.75 Å². The number of hydrogen-bond donors (Lipinski definition) is 1. The monoisotopic (exact) mass is 327 g/mol. The fourth-order valence-corrected chi connectivity index (χ4v) is 3.75. The lowest BCUT2D eigenvalue weighted by Gasteiger charge is -2.38. The first-order valence-corrected chi connectivity index (χ1v) is 8.19. The lowest BCUT2D eigenvalue weighted by Crippen LogP contribution is -2.54. The van der Waals surface area contributed by atoms with Gasteiger partial charge in [-0.15, -0.1) is 0 Å². The topological polar surface area (TPSA) is 62.3 Å². The number of aromatic nitrogens is 1. The quantitative estimate of drug-likeness (QED) is 0.881. The third kappa shape index (κ3) is 2.70. The number of hydrogen-bond acceptors (Lipinski definition) is 4. The van der Waals surface area contributed by atoms with Crippen molar-refractivity contribution < 1.29 is 9.59 Å². The number of anilines is 2. The number of fused-ring (bicyclic) bond motifs is 1. The Balaban J connectivity index is 1.95. The highest BCUT2D eigenvalue weighted by molar-refractivity contribution is 8.02. The molecule has 5 nitrogen and oxygen atoms in total. The Morgan fingerprint density at radius 2 is 2.09 bits per heavy atom. The Morgan fingerprint density at radius 3 is 2.78 bits per heavy atom. The molecule has 3 rings (SSSR count). The highest BCUT2D eigenvalue weighted by Crippen LogP contribution is 2.45. The summed E-state index contributed by atoms with van der Waals surface area (Å²) >= 11 is 1.29. The van der Waals surface area contributed by atoms with Crippen LogP contribution in [0.15, 0.2) is 53.7 Å². The first-order chi connectivity index (χ1) is 11.1. The van der Waals surface area contributed by atoms with Crippen LogP contribution >= 0.6 is 11.8 Å². The Hall–Kier alpha value is -2.34. The van der Waals surface area contributed by atoms with Crippen LogP contribution in [0.3, 0.4) is 0 Å². The van der Waals surface area contributed by atoms with Crippen LogP contribution in [0.1, 0.15) is 13.8 Å². The number of benzene rings is 1. The Labute approximate surface area is 139 Å². The van der Waals surface area contributed by atoms with Gasteiger partial charge in [-0.1, -0.05) is 23.9 Å². The summed E-state index contributed by atoms with van der Waals surface area (Å²) in [4.78, 5) is 32.2. The lowest BCUT2D eigenvalue weighted by atomic mass is 10.1. The van der Waals surface area contributed by atoms with E-state index >= 15 is 0 Å². The molecule has 118 valence electrons. The number of nitrogens with one attached hydrogen (secondary N) is 1. The van der Waals surface area contributed by atoms with Gasteiger partial charge in [-0.2, -0.15) is 0 Å². The van der Waals surface area contributed by atoms with Crippen LogP contribution in [-0.2, 0) is 9.59 Å². The molecule has 2 amide bonds. The van der Waals surface area contributed by atoms with Gasteiger partial charge in [0.25, 0.3) is 5.91 Å². The normalized spacial score (nSPS) is 20.1. The van der Waals surface area contributed by atoms with Gasteiger partial charge in [0.1, 0.15) is 0 Å². The molecule has 1 aliphatic heterocycles.